The summed E-state index contributed by atoms with van der Waals surface area (Å²) in [5.74, 6) is 1.55. The molecule has 0 aliphatic heterocycles. The number of amides is 1. The minimum atomic E-state index is -0.0666. The third-order valence-electron chi connectivity index (χ3n) is 3.35. The fourth-order valence-electron chi connectivity index (χ4n) is 1.94. The van der Waals surface area contributed by atoms with Gasteiger partial charge in [-0.3, -0.25) is 9.79 Å². The van der Waals surface area contributed by atoms with Gasteiger partial charge in [-0.15, -0.1) is 24.0 Å². The summed E-state index contributed by atoms with van der Waals surface area (Å²) in [7, 11) is 3.40. The first kappa shape index (κ1) is 17.7. The lowest BCUT2D eigenvalue weighted by Crippen LogP contribution is -2.37. The summed E-state index contributed by atoms with van der Waals surface area (Å²) in [6, 6.07) is 7.58. The van der Waals surface area contributed by atoms with Crippen LogP contribution < -0.4 is 16.0 Å². The number of carbonyl (C=O) groups excluding carboxylic acids is 1. The Bertz CT molecular complexity index is 500. The van der Waals surface area contributed by atoms with Gasteiger partial charge in [0.25, 0.3) is 5.91 Å². The topological polar surface area (TPSA) is 65.5 Å². The van der Waals surface area contributed by atoms with E-state index >= 15 is 0 Å². The zero-order valence-electron chi connectivity index (χ0n) is 12.5. The number of benzene rings is 1. The second-order valence-electron chi connectivity index (χ2n) is 5.03. The van der Waals surface area contributed by atoms with Crippen LogP contribution >= 0.6 is 24.0 Å². The summed E-state index contributed by atoms with van der Waals surface area (Å²) in [6.07, 6.45) is 2.64. The Morgan fingerprint density at radius 3 is 2.71 bits per heavy atom. The molecular weight excluding hydrogens is 379 g/mol. The normalized spacial score (nSPS) is 14.1. The Morgan fingerprint density at radius 2 is 2.10 bits per heavy atom. The lowest BCUT2D eigenvalue weighted by atomic mass is 10.1. The van der Waals surface area contributed by atoms with Crippen molar-refractivity contribution in [3.05, 3.63) is 35.4 Å². The van der Waals surface area contributed by atoms with E-state index in [4.69, 9.17) is 0 Å². The van der Waals surface area contributed by atoms with Crippen LogP contribution in [0.25, 0.3) is 0 Å². The third-order valence-corrected chi connectivity index (χ3v) is 3.35. The highest BCUT2D eigenvalue weighted by Gasteiger charge is 2.20. The first-order valence-corrected chi connectivity index (χ1v) is 6.98. The molecule has 1 aromatic rings. The monoisotopic (exact) mass is 402 g/mol. The molecule has 0 radical (unpaired) electrons. The number of carbonyl (C=O) groups is 1. The number of nitrogens with one attached hydrogen (secondary N) is 3. The second kappa shape index (κ2) is 8.86. The van der Waals surface area contributed by atoms with Crippen molar-refractivity contribution in [2.24, 2.45) is 10.9 Å². The van der Waals surface area contributed by atoms with E-state index in [0.717, 1.165) is 24.0 Å². The maximum atomic E-state index is 11.6. The maximum absolute atomic E-state index is 11.6. The molecule has 1 fully saturated rings. The average molecular weight is 402 g/mol. The largest absolute Gasteiger partial charge is 0.356 e. The van der Waals surface area contributed by atoms with E-state index in [1.807, 2.05) is 24.3 Å². The van der Waals surface area contributed by atoms with E-state index in [-0.39, 0.29) is 29.9 Å². The van der Waals surface area contributed by atoms with Gasteiger partial charge in [0.15, 0.2) is 5.96 Å². The molecule has 1 aliphatic carbocycles. The van der Waals surface area contributed by atoms with Crippen LogP contribution in [-0.2, 0) is 6.54 Å². The van der Waals surface area contributed by atoms with Gasteiger partial charge in [-0.2, -0.15) is 0 Å². The summed E-state index contributed by atoms with van der Waals surface area (Å²) in [4.78, 5) is 15.8. The van der Waals surface area contributed by atoms with Gasteiger partial charge in [0.1, 0.15) is 0 Å². The van der Waals surface area contributed by atoms with E-state index in [0.29, 0.717) is 12.1 Å². The van der Waals surface area contributed by atoms with Crippen molar-refractivity contribution >= 4 is 35.8 Å². The highest BCUT2D eigenvalue weighted by Crippen LogP contribution is 2.27. The number of rotatable bonds is 5. The van der Waals surface area contributed by atoms with Crippen molar-refractivity contribution in [3.8, 4) is 0 Å². The van der Waals surface area contributed by atoms with E-state index < -0.39 is 0 Å². The van der Waals surface area contributed by atoms with Crippen LogP contribution in [0.5, 0.6) is 0 Å². The van der Waals surface area contributed by atoms with Crippen molar-refractivity contribution in [2.75, 3.05) is 20.6 Å². The average Bonchev–Trinajstić information content (AvgIpc) is 3.31. The van der Waals surface area contributed by atoms with Gasteiger partial charge in [0.05, 0.1) is 0 Å². The quantitative estimate of drug-likeness (QED) is 0.400. The zero-order valence-corrected chi connectivity index (χ0v) is 14.8. The molecule has 5 nitrogen and oxygen atoms in total. The minimum Gasteiger partial charge on any atom is -0.356 e. The first-order chi connectivity index (χ1) is 9.72. The predicted octanol–water partition coefficient (Wildman–Crippen LogP) is 1.74. The maximum Gasteiger partial charge on any atom is 0.251 e. The Kier molecular flexibility index (Phi) is 7.49. The molecule has 0 atom stereocenters. The van der Waals surface area contributed by atoms with Crippen molar-refractivity contribution in [2.45, 2.75) is 19.4 Å². The molecule has 1 aromatic carbocycles. The fourth-order valence-corrected chi connectivity index (χ4v) is 1.94. The standard InChI is InChI=1S/C15H22N4O.HI/c1-16-14(20)13-5-3-4-12(8-13)10-19-15(17-2)18-9-11-6-7-11;/h3-5,8,11H,6-7,9-10H2,1-2H3,(H,16,20)(H2,17,18,19);1H. The van der Waals surface area contributed by atoms with Crippen LogP contribution in [0.3, 0.4) is 0 Å². The summed E-state index contributed by atoms with van der Waals surface area (Å²) in [5, 5.41) is 9.20. The molecule has 2 rings (SSSR count). The molecule has 6 heteroatoms. The van der Waals surface area contributed by atoms with Crippen LogP contribution in [0.1, 0.15) is 28.8 Å². The summed E-state index contributed by atoms with van der Waals surface area (Å²) in [5.41, 5.74) is 1.73. The third kappa shape index (κ3) is 5.91. The highest BCUT2D eigenvalue weighted by molar-refractivity contribution is 14.0. The van der Waals surface area contributed by atoms with Crippen LogP contribution in [0.15, 0.2) is 29.3 Å². The molecule has 0 unspecified atom stereocenters. The molecule has 21 heavy (non-hydrogen) atoms. The summed E-state index contributed by atoms with van der Waals surface area (Å²) >= 11 is 0. The van der Waals surface area contributed by atoms with Crippen LogP contribution in [0.2, 0.25) is 0 Å². The molecule has 0 aromatic heterocycles. The van der Waals surface area contributed by atoms with Gasteiger partial charge in [0, 0.05) is 32.7 Å². The lowest BCUT2D eigenvalue weighted by molar-refractivity contribution is 0.0963. The van der Waals surface area contributed by atoms with Crippen LogP contribution in [0, 0.1) is 5.92 Å². The van der Waals surface area contributed by atoms with Gasteiger partial charge in [-0.1, -0.05) is 12.1 Å². The van der Waals surface area contributed by atoms with Gasteiger partial charge < -0.3 is 16.0 Å². The fraction of sp³-hybridized carbons (Fsp3) is 0.467. The van der Waals surface area contributed by atoms with Crippen molar-refractivity contribution in [1.29, 1.82) is 0 Å². The van der Waals surface area contributed by atoms with E-state index in [1.165, 1.54) is 12.8 Å². The van der Waals surface area contributed by atoms with Crippen molar-refractivity contribution in [1.82, 2.24) is 16.0 Å². The van der Waals surface area contributed by atoms with E-state index in [1.54, 1.807) is 14.1 Å². The van der Waals surface area contributed by atoms with Gasteiger partial charge >= 0.3 is 0 Å². The SMILES string of the molecule is CN=C(NCc1cccc(C(=O)NC)c1)NCC1CC1.I. The molecule has 1 aliphatic rings. The molecule has 1 amide bonds. The van der Waals surface area contributed by atoms with Crippen molar-refractivity contribution < 1.29 is 4.79 Å². The minimum absolute atomic E-state index is 0. The second-order valence-corrected chi connectivity index (χ2v) is 5.03. The number of guanidine groups is 1. The van der Waals surface area contributed by atoms with E-state index in [2.05, 4.69) is 20.9 Å². The smallest absolute Gasteiger partial charge is 0.251 e. The Labute approximate surface area is 143 Å². The number of aliphatic imine (C=N–C) groups is 1. The first-order valence-electron chi connectivity index (χ1n) is 6.98. The number of halogens is 1. The molecule has 116 valence electrons. The van der Waals surface area contributed by atoms with Crippen molar-refractivity contribution in [3.63, 3.8) is 0 Å². The molecule has 0 heterocycles. The van der Waals surface area contributed by atoms with Gasteiger partial charge in [-0.25, -0.2) is 0 Å². The number of nitrogens with zero attached hydrogens (tertiary/aromatic N) is 1. The number of hydrogen-bond donors (Lipinski definition) is 3. The number of hydrogen-bond acceptors (Lipinski definition) is 2. The van der Waals surface area contributed by atoms with Crippen LogP contribution in [-0.4, -0.2) is 32.5 Å². The summed E-state index contributed by atoms with van der Waals surface area (Å²) in [6.45, 7) is 1.63. The molecule has 0 saturated heterocycles. The predicted molar refractivity (Wildman–Crippen MR) is 96.2 cm³/mol. The van der Waals surface area contributed by atoms with E-state index in [9.17, 15) is 4.79 Å². The molecule has 0 spiro atoms. The Hall–Kier alpha value is -1.31. The lowest BCUT2D eigenvalue weighted by Gasteiger charge is -2.12. The molecular formula is C15H23IN4O. The van der Waals surface area contributed by atoms with Gasteiger partial charge in [-0.05, 0) is 36.5 Å². The molecule has 1 saturated carbocycles. The Balaban J connectivity index is 0.00000220. The highest BCUT2D eigenvalue weighted by atomic mass is 127. The molecule has 3 N–H and O–H groups in total. The molecule has 0 bridgehead atoms. The zero-order chi connectivity index (χ0) is 14.4. The Morgan fingerprint density at radius 1 is 1.33 bits per heavy atom. The van der Waals surface area contributed by atoms with Gasteiger partial charge in [0.2, 0.25) is 0 Å². The van der Waals surface area contributed by atoms with Crippen LogP contribution in [0.4, 0.5) is 0 Å². The summed E-state index contributed by atoms with van der Waals surface area (Å²) < 4.78 is 0.